The fourth-order valence-electron chi connectivity index (χ4n) is 3.55. The monoisotopic (exact) mass is 382 g/mol. The first-order valence-electron chi connectivity index (χ1n) is 9.53. The highest BCUT2D eigenvalue weighted by atomic mass is 16.2. The molecular weight excluding hydrogens is 360 g/mol. The van der Waals surface area contributed by atoms with E-state index in [4.69, 9.17) is 0 Å². The maximum atomic E-state index is 12.6. The Balaban J connectivity index is 1.63. The van der Waals surface area contributed by atoms with Crippen molar-refractivity contribution in [2.75, 3.05) is 0 Å². The van der Waals surface area contributed by atoms with Crippen LogP contribution in [0.15, 0.2) is 84.2 Å². The number of benzene rings is 2. The second-order valence-electron chi connectivity index (χ2n) is 6.90. The van der Waals surface area contributed by atoms with Gasteiger partial charge in [-0.25, -0.2) is 5.43 Å². The predicted molar refractivity (Wildman–Crippen MR) is 116 cm³/mol. The topological polar surface area (TPSA) is 59.3 Å². The number of aromatic nitrogens is 2. The average Bonchev–Trinajstić information content (AvgIpc) is 3.04. The molecule has 5 heteroatoms. The number of amides is 1. The predicted octanol–water partition coefficient (Wildman–Crippen LogP) is 4.42. The van der Waals surface area contributed by atoms with E-state index in [1.807, 2.05) is 49.4 Å². The molecule has 0 bridgehead atoms. The molecule has 4 rings (SSSR count). The first kappa shape index (κ1) is 18.6. The van der Waals surface area contributed by atoms with Crippen molar-refractivity contribution in [3.05, 3.63) is 95.9 Å². The van der Waals surface area contributed by atoms with Crippen LogP contribution in [0, 0.1) is 6.92 Å². The SMILES string of the molecule is CC(=NNC(=O)Cc1c(C)n(-c2ccccc2)c2ccccc12)c1cccnc1. The lowest BCUT2D eigenvalue weighted by Crippen LogP contribution is -2.21. The lowest BCUT2D eigenvalue weighted by Gasteiger charge is -2.08. The van der Waals surface area contributed by atoms with Gasteiger partial charge >= 0.3 is 0 Å². The molecule has 29 heavy (non-hydrogen) atoms. The van der Waals surface area contributed by atoms with Crippen molar-refractivity contribution in [1.82, 2.24) is 15.0 Å². The minimum absolute atomic E-state index is 0.146. The van der Waals surface area contributed by atoms with Crippen LogP contribution in [0.5, 0.6) is 0 Å². The zero-order valence-electron chi connectivity index (χ0n) is 16.5. The van der Waals surface area contributed by atoms with Crippen LogP contribution < -0.4 is 5.43 Å². The number of carbonyl (C=O) groups excluding carboxylic acids is 1. The molecule has 0 atom stereocenters. The molecule has 0 aliphatic rings. The number of pyridine rings is 1. The summed E-state index contributed by atoms with van der Waals surface area (Å²) < 4.78 is 2.20. The molecule has 2 aromatic carbocycles. The summed E-state index contributed by atoms with van der Waals surface area (Å²) in [7, 11) is 0. The molecule has 0 saturated heterocycles. The number of fused-ring (bicyclic) bond motifs is 1. The van der Waals surface area contributed by atoms with Crippen LogP contribution in [-0.2, 0) is 11.2 Å². The van der Waals surface area contributed by atoms with Gasteiger partial charge in [-0.1, -0.05) is 42.5 Å². The number of rotatable bonds is 5. The highest BCUT2D eigenvalue weighted by Gasteiger charge is 2.17. The van der Waals surface area contributed by atoms with Crippen molar-refractivity contribution in [2.24, 2.45) is 5.10 Å². The van der Waals surface area contributed by atoms with Crippen LogP contribution in [0.2, 0.25) is 0 Å². The Hall–Kier alpha value is -3.73. The molecule has 5 nitrogen and oxygen atoms in total. The second-order valence-corrected chi connectivity index (χ2v) is 6.90. The van der Waals surface area contributed by atoms with Gasteiger partial charge in [0.2, 0.25) is 5.91 Å². The molecule has 4 aromatic rings. The van der Waals surface area contributed by atoms with E-state index in [9.17, 15) is 4.79 Å². The minimum atomic E-state index is -0.146. The summed E-state index contributed by atoms with van der Waals surface area (Å²) in [6.07, 6.45) is 3.69. The van der Waals surface area contributed by atoms with Gasteiger partial charge in [0, 0.05) is 34.7 Å². The number of hydrazone groups is 1. The molecular formula is C24H22N4O. The minimum Gasteiger partial charge on any atom is -0.314 e. The van der Waals surface area contributed by atoms with Gasteiger partial charge in [0.25, 0.3) is 0 Å². The van der Waals surface area contributed by atoms with Gasteiger partial charge in [-0.05, 0) is 43.7 Å². The van der Waals surface area contributed by atoms with Crippen molar-refractivity contribution in [3.63, 3.8) is 0 Å². The largest absolute Gasteiger partial charge is 0.314 e. The van der Waals surface area contributed by atoms with Crippen LogP contribution >= 0.6 is 0 Å². The van der Waals surface area contributed by atoms with E-state index in [0.29, 0.717) is 0 Å². The van der Waals surface area contributed by atoms with Crippen molar-refractivity contribution in [2.45, 2.75) is 20.3 Å². The zero-order chi connectivity index (χ0) is 20.2. The summed E-state index contributed by atoms with van der Waals surface area (Å²) in [5.41, 5.74) is 8.52. The highest BCUT2D eigenvalue weighted by Crippen LogP contribution is 2.29. The number of hydrogen-bond acceptors (Lipinski definition) is 3. The summed E-state index contributed by atoms with van der Waals surface area (Å²) in [4.78, 5) is 16.7. The molecule has 144 valence electrons. The summed E-state index contributed by atoms with van der Waals surface area (Å²) >= 11 is 0. The lowest BCUT2D eigenvalue weighted by molar-refractivity contribution is -0.120. The standard InChI is InChI=1S/C24H22N4O/c1-17(19-9-8-14-25-16-19)26-27-24(29)15-22-18(2)28(20-10-4-3-5-11-20)23-13-7-6-12-21(22)23/h3-14,16H,15H2,1-2H3,(H,27,29). The van der Waals surface area contributed by atoms with E-state index < -0.39 is 0 Å². The summed E-state index contributed by atoms with van der Waals surface area (Å²) in [5.74, 6) is -0.146. The van der Waals surface area contributed by atoms with Gasteiger partial charge in [-0.15, -0.1) is 0 Å². The van der Waals surface area contributed by atoms with Gasteiger partial charge in [0.15, 0.2) is 0 Å². The van der Waals surface area contributed by atoms with Crippen molar-refractivity contribution >= 4 is 22.5 Å². The van der Waals surface area contributed by atoms with Crippen LogP contribution in [0.25, 0.3) is 16.6 Å². The zero-order valence-corrected chi connectivity index (χ0v) is 16.5. The van der Waals surface area contributed by atoms with Gasteiger partial charge in [-0.3, -0.25) is 9.78 Å². The van der Waals surface area contributed by atoms with E-state index in [0.717, 1.165) is 39.1 Å². The molecule has 0 radical (unpaired) electrons. The molecule has 2 aromatic heterocycles. The van der Waals surface area contributed by atoms with Crippen molar-refractivity contribution in [1.29, 1.82) is 0 Å². The molecule has 0 saturated carbocycles. The third-order valence-electron chi connectivity index (χ3n) is 5.02. The van der Waals surface area contributed by atoms with Gasteiger partial charge in [0.1, 0.15) is 0 Å². The van der Waals surface area contributed by atoms with Crippen molar-refractivity contribution in [3.8, 4) is 5.69 Å². The van der Waals surface area contributed by atoms with E-state index in [1.54, 1.807) is 12.4 Å². The van der Waals surface area contributed by atoms with E-state index in [2.05, 4.69) is 51.3 Å². The molecule has 0 aliphatic carbocycles. The third kappa shape index (κ3) is 3.80. The van der Waals surface area contributed by atoms with E-state index in [1.165, 1.54) is 0 Å². The molecule has 1 amide bonds. The fraction of sp³-hybridized carbons (Fsp3) is 0.125. The van der Waals surface area contributed by atoms with Gasteiger partial charge in [-0.2, -0.15) is 5.10 Å². The van der Waals surface area contributed by atoms with Crippen LogP contribution in [-0.4, -0.2) is 21.2 Å². The summed E-state index contributed by atoms with van der Waals surface area (Å²) in [6, 6.07) is 22.1. The molecule has 0 unspecified atom stereocenters. The second kappa shape index (κ2) is 8.10. The Morgan fingerprint density at radius 2 is 1.79 bits per heavy atom. The Morgan fingerprint density at radius 1 is 1.03 bits per heavy atom. The number of nitrogens with zero attached hydrogens (tertiary/aromatic N) is 3. The Labute approximate surface area is 169 Å². The number of nitrogens with one attached hydrogen (secondary N) is 1. The van der Waals surface area contributed by atoms with E-state index >= 15 is 0 Å². The lowest BCUT2D eigenvalue weighted by atomic mass is 10.1. The third-order valence-corrected chi connectivity index (χ3v) is 5.02. The van der Waals surface area contributed by atoms with E-state index in [-0.39, 0.29) is 12.3 Å². The van der Waals surface area contributed by atoms with Crippen LogP contribution in [0.1, 0.15) is 23.7 Å². The number of hydrogen-bond donors (Lipinski definition) is 1. The van der Waals surface area contributed by atoms with Gasteiger partial charge in [0.05, 0.1) is 17.6 Å². The Bertz CT molecular complexity index is 1180. The first-order chi connectivity index (χ1) is 14.1. The number of para-hydroxylation sites is 2. The number of carbonyl (C=O) groups is 1. The smallest absolute Gasteiger partial charge is 0.244 e. The first-order valence-corrected chi connectivity index (χ1v) is 9.53. The van der Waals surface area contributed by atoms with Crippen molar-refractivity contribution < 1.29 is 4.79 Å². The molecule has 2 heterocycles. The normalized spacial score (nSPS) is 11.6. The molecule has 0 aliphatic heterocycles. The van der Waals surface area contributed by atoms with Crippen LogP contribution in [0.3, 0.4) is 0 Å². The molecule has 1 N–H and O–H groups in total. The summed E-state index contributed by atoms with van der Waals surface area (Å²) in [6.45, 7) is 3.91. The van der Waals surface area contributed by atoms with Gasteiger partial charge < -0.3 is 4.57 Å². The van der Waals surface area contributed by atoms with Crippen LogP contribution in [0.4, 0.5) is 0 Å². The average molecular weight is 382 g/mol. The maximum Gasteiger partial charge on any atom is 0.244 e. The molecule has 0 spiro atoms. The summed E-state index contributed by atoms with van der Waals surface area (Å²) in [5, 5.41) is 5.32. The highest BCUT2D eigenvalue weighted by molar-refractivity contribution is 5.99. The Morgan fingerprint density at radius 3 is 2.55 bits per heavy atom. The molecule has 0 fully saturated rings. The quantitative estimate of drug-likeness (QED) is 0.410. The Kier molecular flexibility index (Phi) is 5.20. The fourth-order valence-corrected chi connectivity index (χ4v) is 3.55. The maximum absolute atomic E-state index is 12.6.